The van der Waals surface area contributed by atoms with Gasteiger partial charge in [-0.1, -0.05) is 48.5 Å². The molecule has 0 heterocycles. The zero-order valence-corrected chi connectivity index (χ0v) is 12.1. The average molecular weight is 285 g/mol. The van der Waals surface area contributed by atoms with Crippen molar-refractivity contribution in [3.63, 3.8) is 0 Å². The predicted octanol–water partition coefficient (Wildman–Crippen LogP) is 1.29. The van der Waals surface area contributed by atoms with Gasteiger partial charge in [-0.2, -0.15) is 0 Å². The van der Waals surface area contributed by atoms with Gasteiger partial charge in [0.1, 0.15) is 0 Å². The molecule has 0 bridgehead atoms. The van der Waals surface area contributed by atoms with E-state index in [1.165, 1.54) is 0 Å². The molecular weight excluding hydrogens is 262 g/mol. The molecule has 0 saturated carbocycles. The number of rotatable bonds is 7. The fraction of sp³-hybridized carbons (Fsp3) is 0.294. The molecule has 21 heavy (non-hydrogen) atoms. The molecule has 2 aromatic rings. The number of aliphatic hydroxyl groups excluding tert-OH is 1. The first-order valence-electron chi connectivity index (χ1n) is 7.18. The minimum Gasteiger partial charge on any atom is -0.398 e. The highest BCUT2D eigenvalue weighted by molar-refractivity contribution is 5.46. The molecule has 2 unspecified atom stereocenters. The van der Waals surface area contributed by atoms with Crippen LogP contribution in [0.4, 0.5) is 5.69 Å². The molecule has 0 aromatic heterocycles. The zero-order valence-electron chi connectivity index (χ0n) is 12.1. The van der Waals surface area contributed by atoms with E-state index in [0.29, 0.717) is 19.5 Å². The van der Waals surface area contributed by atoms with Crippen molar-refractivity contribution < 1.29 is 5.11 Å². The summed E-state index contributed by atoms with van der Waals surface area (Å²) in [5.74, 6) is 0. The van der Waals surface area contributed by atoms with Crippen LogP contribution < -0.4 is 16.8 Å². The van der Waals surface area contributed by atoms with Gasteiger partial charge in [-0.15, -0.1) is 0 Å². The largest absolute Gasteiger partial charge is 0.398 e. The van der Waals surface area contributed by atoms with Gasteiger partial charge in [-0.3, -0.25) is 0 Å². The summed E-state index contributed by atoms with van der Waals surface area (Å²) < 4.78 is 0. The highest BCUT2D eigenvalue weighted by Gasteiger charge is 2.14. The molecule has 0 saturated heterocycles. The summed E-state index contributed by atoms with van der Waals surface area (Å²) in [5.41, 5.74) is 14.8. The first kappa shape index (κ1) is 15.5. The van der Waals surface area contributed by atoms with Gasteiger partial charge in [-0.25, -0.2) is 0 Å². The van der Waals surface area contributed by atoms with E-state index in [9.17, 15) is 5.11 Å². The highest BCUT2D eigenvalue weighted by atomic mass is 16.3. The van der Waals surface area contributed by atoms with E-state index in [4.69, 9.17) is 11.5 Å². The third kappa shape index (κ3) is 4.86. The van der Waals surface area contributed by atoms with Crippen molar-refractivity contribution >= 4 is 5.69 Å². The van der Waals surface area contributed by atoms with Crippen LogP contribution in [0.25, 0.3) is 0 Å². The van der Waals surface area contributed by atoms with Crippen molar-refractivity contribution in [1.29, 1.82) is 0 Å². The Labute approximate surface area is 125 Å². The third-order valence-electron chi connectivity index (χ3n) is 3.53. The second-order valence-corrected chi connectivity index (χ2v) is 5.25. The van der Waals surface area contributed by atoms with Crippen LogP contribution in [0.3, 0.4) is 0 Å². The van der Waals surface area contributed by atoms with Gasteiger partial charge in [-0.05, 0) is 23.6 Å². The van der Waals surface area contributed by atoms with Crippen LogP contribution >= 0.6 is 0 Å². The first-order valence-corrected chi connectivity index (χ1v) is 7.18. The van der Waals surface area contributed by atoms with Crippen molar-refractivity contribution in [2.45, 2.75) is 25.1 Å². The normalized spacial score (nSPS) is 13.8. The molecule has 0 aliphatic carbocycles. The van der Waals surface area contributed by atoms with Gasteiger partial charge < -0.3 is 21.9 Å². The average Bonchev–Trinajstić information content (AvgIpc) is 2.50. The molecule has 112 valence electrons. The summed E-state index contributed by atoms with van der Waals surface area (Å²) in [4.78, 5) is 0. The number of hydrogen-bond donors (Lipinski definition) is 4. The molecule has 0 aliphatic heterocycles. The number of aliphatic hydroxyl groups is 1. The fourth-order valence-electron chi connectivity index (χ4n) is 2.22. The van der Waals surface area contributed by atoms with Crippen LogP contribution in [0, 0.1) is 0 Å². The van der Waals surface area contributed by atoms with Gasteiger partial charge in [0, 0.05) is 24.8 Å². The van der Waals surface area contributed by atoms with E-state index in [1.54, 1.807) is 0 Å². The summed E-state index contributed by atoms with van der Waals surface area (Å²) in [5, 5.41) is 13.3. The Morgan fingerprint density at radius 3 is 2.38 bits per heavy atom. The lowest BCUT2D eigenvalue weighted by Gasteiger charge is -2.19. The standard InChI is InChI=1S/C17H23N3O/c18-15-9-5-4-8-14(15)11-20-12-17(21)16(19)10-13-6-2-1-3-7-13/h1-9,16-17,20-21H,10-12,18-19H2. The molecular formula is C17H23N3O. The van der Waals surface area contributed by atoms with Crippen LogP contribution in [0.1, 0.15) is 11.1 Å². The SMILES string of the molecule is Nc1ccccc1CNCC(O)C(N)Cc1ccccc1. The quantitative estimate of drug-likeness (QED) is 0.578. The van der Waals surface area contributed by atoms with E-state index in [-0.39, 0.29) is 6.04 Å². The Kier molecular flexibility index (Phi) is 5.75. The van der Waals surface area contributed by atoms with Crippen LogP contribution in [0.2, 0.25) is 0 Å². The monoisotopic (exact) mass is 285 g/mol. The summed E-state index contributed by atoms with van der Waals surface area (Å²) in [7, 11) is 0. The maximum atomic E-state index is 10.1. The Hall–Kier alpha value is -1.88. The number of nitrogen functional groups attached to an aromatic ring is 1. The third-order valence-corrected chi connectivity index (χ3v) is 3.53. The molecule has 0 amide bonds. The minimum absolute atomic E-state index is 0.284. The van der Waals surface area contributed by atoms with Gasteiger partial charge in [0.2, 0.25) is 0 Å². The summed E-state index contributed by atoms with van der Waals surface area (Å²) in [6.45, 7) is 1.07. The van der Waals surface area contributed by atoms with E-state index in [0.717, 1.165) is 16.8 Å². The van der Waals surface area contributed by atoms with Gasteiger partial charge in [0.05, 0.1) is 6.10 Å². The summed E-state index contributed by atoms with van der Waals surface area (Å²) in [6, 6.07) is 17.4. The zero-order chi connectivity index (χ0) is 15.1. The molecule has 4 heteroatoms. The number of anilines is 1. The molecule has 2 rings (SSSR count). The smallest absolute Gasteiger partial charge is 0.0818 e. The predicted molar refractivity (Wildman–Crippen MR) is 86.7 cm³/mol. The van der Waals surface area contributed by atoms with E-state index in [2.05, 4.69) is 5.32 Å². The van der Waals surface area contributed by atoms with Crippen LogP contribution in [-0.4, -0.2) is 23.8 Å². The molecule has 0 spiro atoms. The van der Waals surface area contributed by atoms with Crippen LogP contribution in [0.15, 0.2) is 54.6 Å². The lowest BCUT2D eigenvalue weighted by molar-refractivity contribution is 0.141. The molecule has 6 N–H and O–H groups in total. The fourth-order valence-corrected chi connectivity index (χ4v) is 2.22. The molecule has 0 fully saturated rings. The van der Waals surface area contributed by atoms with Crippen molar-refractivity contribution in [1.82, 2.24) is 5.32 Å². The molecule has 4 nitrogen and oxygen atoms in total. The van der Waals surface area contributed by atoms with Gasteiger partial charge >= 0.3 is 0 Å². The second kappa shape index (κ2) is 7.78. The van der Waals surface area contributed by atoms with Crippen molar-refractivity contribution in [3.8, 4) is 0 Å². The number of benzene rings is 2. The Morgan fingerprint density at radius 1 is 1.00 bits per heavy atom. The number of nitrogens with one attached hydrogen (secondary N) is 1. The van der Waals surface area contributed by atoms with Crippen LogP contribution in [-0.2, 0) is 13.0 Å². The lowest BCUT2D eigenvalue weighted by atomic mass is 10.0. The molecule has 0 aliphatic rings. The van der Waals surface area contributed by atoms with Gasteiger partial charge in [0.15, 0.2) is 0 Å². The first-order chi connectivity index (χ1) is 10.2. The van der Waals surface area contributed by atoms with Crippen molar-refractivity contribution in [3.05, 3.63) is 65.7 Å². The Balaban J connectivity index is 1.76. The second-order valence-electron chi connectivity index (χ2n) is 5.25. The molecule has 2 atom stereocenters. The van der Waals surface area contributed by atoms with E-state index in [1.807, 2.05) is 54.6 Å². The summed E-state index contributed by atoms with van der Waals surface area (Å²) in [6.07, 6.45) is 0.0760. The maximum Gasteiger partial charge on any atom is 0.0818 e. The van der Waals surface area contributed by atoms with E-state index < -0.39 is 6.10 Å². The van der Waals surface area contributed by atoms with Gasteiger partial charge in [0.25, 0.3) is 0 Å². The number of nitrogens with two attached hydrogens (primary N) is 2. The number of hydrogen-bond acceptors (Lipinski definition) is 4. The Morgan fingerprint density at radius 2 is 1.67 bits per heavy atom. The van der Waals surface area contributed by atoms with Crippen LogP contribution in [0.5, 0.6) is 0 Å². The van der Waals surface area contributed by atoms with E-state index >= 15 is 0 Å². The maximum absolute atomic E-state index is 10.1. The van der Waals surface area contributed by atoms with Crippen molar-refractivity contribution in [2.75, 3.05) is 12.3 Å². The number of para-hydroxylation sites is 1. The summed E-state index contributed by atoms with van der Waals surface area (Å²) >= 11 is 0. The highest BCUT2D eigenvalue weighted by Crippen LogP contribution is 2.10. The minimum atomic E-state index is -0.588. The molecule has 2 aromatic carbocycles. The lowest BCUT2D eigenvalue weighted by Crippen LogP contribution is -2.43. The molecule has 0 radical (unpaired) electrons. The van der Waals surface area contributed by atoms with Crippen molar-refractivity contribution in [2.24, 2.45) is 5.73 Å². The Bertz CT molecular complexity index is 545. The topological polar surface area (TPSA) is 84.3 Å².